The Morgan fingerprint density at radius 3 is 2.54 bits per heavy atom. The van der Waals surface area contributed by atoms with Crippen molar-refractivity contribution in [2.24, 2.45) is 0 Å². The van der Waals surface area contributed by atoms with Gasteiger partial charge in [-0.2, -0.15) is 0 Å². The molecule has 0 saturated carbocycles. The predicted octanol–water partition coefficient (Wildman–Crippen LogP) is 2.31. The molecule has 0 radical (unpaired) electrons. The average Bonchev–Trinajstić information content (AvgIpc) is 2.55. The molecule has 1 aliphatic rings. The van der Waals surface area contributed by atoms with Crippen molar-refractivity contribution in [2.75, 3.05) is 20.2 Å². The third-order valence-electron chi connectivity index (χ3n) is 4.15. The Morgan fingerprint density at radius 2 is 1.92 bits per heavy atom. The maximum atomic E-state index is 12.5. The normalized spacial score (nSPS) is 14.9. The Bertz CT molecular complexity index is 613. The molecule has 1 fully saturated rings. The highest BCUT2D eigenvalue weighted by molar-refractivity contribution is 5.88. The van der Waals surface area contributed by atoms with E-state index in [-0.39, 0.29) is 17.9 Å². The molecule has 0 unspecified atom stereocenters. The van der Waals surface area contributed by atoms with Crippen molar-refractivity contribution >= 4 is 11.8 Å². The van der Waals surface area contributed by atoms with Gasteiger partial charge in [0, 0.05) is 30.8 Å². The Hall–Kier alpha value is -2.30. The molecule has 2 amide bonds. The first-order chi connectivity index (χ1) is 11.5. The summed E-state index contributed by atoms with van der Waals surface area (Å²) in [5.74, 6) is 0.803. The number of carbonyl (C=O) groups excluding carboxylic acids is 2. The van der Waals surface area contributed by atoms with E-state index >= 15 is 0 Å². The highest BCUT2D eigenvalue weighted by atomic mass is 16.5. The summed E-state index contributed by atoms with van der Waals surface area (Å²) in [5.41, 5.74) is 1.89. The van der Waals surface area contributed by atoms with Gasteiger partial charge < -0.3 is 15.0 Å². The van der Waals surface area contributed by atoms with Crippen LogP contribution in [0.1, 0.15) is 32.3 Å². The van der Waals surface area contributed by atoms with Crippen molar-refractivity contribution in [1.29, 1.82) is 0 Å². The Labute approximate surface area is 143 Å². The summed E-state index contributed by atoms with van der Waals surface area (Å²) < 4.78 is 5.30. The molecule has 0 spiro atoms. The molecule has 0 aliphatic carbocycles. The minimum absolute atomic E-state index is 0.0474. The molecular weight excluding hydrogens is 304 g/mol. The van der Waals surface area contributed by atoms with Gasteiger partial charge in [-0.05, 0) is 32.8 Å². The van der Waals surface area contributed by atoms with Crippen LogP contribution in [-0.2, 0) is 16.0 Å². The number of likely N-dealkylation sites (tertiary alicyclic amines) is 1. The SMILES string of the molecule is COc1ccccc1CC(=O)N1CCC(NC(=O)C=C(C)C)CC1. The fourth-order valence-electron chi connectivity index (χ4n) is 2.90. The maximum absolute atomic E-state index is 12.5. The molecule has 0 aromatic heterocycles. The third kappa shape index (κ3) is 5.11. The second kappa shape index (κ2) is 8.52. The van der Waals surface area contributed by atoms with E-state index in [2.05, 4.69) is 5.32 Å². The molecule has 1 aromatic carbocycles. The molecular formula is C19H26N2O3. The van der Waals surface area contributed by atoms with Crippen molar-refractivity contribution in [3.63, 3.8) is 0 Å². The number of carbonyl (C=O) groups is 2. The molecule has 5 heteroatoms. The lowest BCUT2D eigenvalue weighted by Gasteiger charge is -2.32. The zero-order valence-corrected chi connectivity index (χ0v) is 14.7. The predicted molar refractivity (Wildman–Crippen MR) is 93.9 cm³/mol. The average molecular weight is 330 g/mol. The molecule has 1 saturated heterocycles. The first-order valence-electron chi connectivity index (χ1n) is 8.34. The number of para-hydroxylation sites is 1. The Kier molecular flexibility index (Phi) is 6.41. The summed E-state index contributed by atoms with van der Waals surface area (Å²) in [5, 5.41) is 3.00. The molecule has 130 valence electrons. The number of hydrogen-bond acceptors (Lipinski definition) is 3. The lowest BCUT2D eigenvalue weighted by atomic mass is 10.0. The van der Waals surface area contributed by atoms with E-state index in [9.17, 15) is 9.59 Å². The number of amides is 2. The van der Waals surface area contributed by atoms with Gasteiger partial charge in [0.25, 0.3) is 0 Å². The zero-order chi connectivity index (χ0) is 17.5. The van der Waals surface area contributed by atoms with Crippen molar-refractivity contribution in [2.45, 2.75) is 39.2 Å². The number of nitrogens with one attached hydrogen (secondary N) is 1. The number of allylic oxidation sites excluding steroid dienone is 1. The lowest BCUT2D eigenvalue weighted by molar-refractivity contribution is -0.131. The second-order valence-corrected chi connectivity index (χ2v) is 6.37. The van der Waals surface area contributed by atoms with E-state index in [1.165, 1.54) is 0 Å². The van der Waals surface area contributed by atoms with Crippen LogP contribution in [0.5, 0.6) is 5.75 Å². The molecule has 0 bridgehead atoms. The number of ether oxygens (including phenoxy) is 1. The fraction of sp³-hybridized carbons (Fsp3) is 0.474. The van der Waals surface area contributed by atoms with E-state index in [4.69, 9.17) is 4.74 Å². The molecule has 2 rings (SSSR count). The van der Waals surface area contributed by atoms with Crippen LogP contribution in [0.4, 0.5) is 0 Å². The van der Waals surface area contributed by atoms with Crippen LogP contribution >= 0.6 is 0 Å². The van der Waals surface area contributed by atoms with Crippen LogP contribution in [0.25, 0.3) is 0 Å². The molecule has 1 N–H and O–H groups in total. The minimum Gasteiger partial charge on any atom is -0.496 e. The largest absolute Gasteiger partial charge is 0.496 e. The van der Waals surface area contributed by atoms with Gasteiger partial charge in [0.05, 0.1) is 13.5 Å². The summed E-state index contributed by atoms with van der Waals surface area (Å²) in [6.07, 6.45) is 3.54. The summed E-state index contributed by atoms with van der Waals surface area (Å²) >= 11 is 0. The molecule has 5 nitrogen and oxygen atoms in total. The van der Waals surface area contributed by atoms with Crippen LogP contribution in [-0.4, -0.2) is 43.0 Å². The van der Waals surface area contributed by atoms with Crippen LogP contribution in [0.2, 0.25) is 0 Å². The maximum Gasteiger partial charge on any atom is 0.244 e. The standard InChI is InChI=1S/C19H26N2O3/c1-14(2)12-18(22)20-16-8-10-21(11-9-16)19(23)13-15-6-4-5-7-17(15)24-3/h4-7,12,16H,8-11,13H2,1-3H3,(H,20,22). The topological polar surface area (TPSA) is 58.6 Å². The highest BCUT2D eigenvalue weighted by Gasteiger charge is 2.24. The van der Waals surface area contributed by atoms with Gasteiger partial charge in [0.15, 0.2) is 0 Å². The smallest absolute Gasteiger partial charge is 0.244 e. The number of methoxy groups -OCH3 is 1. The van der Waals surface area contributed by atoms with Gasteiger partial charge in [0.1, 0.15) is 5.75 Å². The number of piperidine rings is 1. The number of hydrogen-bond donors (Lipinski definition) is 1. The van der Waals surface area contributed by atoms with E-state index in [0.717, 1.165) is 29.7 Å². The second-order valence-electron chi connectivity index (χ2n) is 6.37. The van der Waals surface area contributed by atoms with Gasteiger partial charge >= 0.3 is 0 Å². The first kappa shape index (κ1) is 18.0. The zero-order valence-electron chi connectivity index (χ0n) is 14.7. The Morgan fingerprint density at radius 1 is 1.25 bits per heavy atom. The van der Waals surface area contributed by atoms with Gasteiger partial charge in [-0.3, -0.25) is 9.59 Å². The van der Waals surface area contributed by atoms with Crippen molar-refractivity contribution < 1.29 is 14.3 Å². The quantitative estimate of drug-likeness (QED) is 0.843. The first-order valence-corrected chi connectivity index (χ1v) is 8.34. The van der Waals surface area contributed by atoms with E-state index in [1.807, 2.05) is 43.0 Å². The monoisotopic (exact) mass is 330 g/mol. The summed E-state index contributed by atoms with van der Waals surface area (Å²) in [6.45, 7) is 5.15. The van der Waals surface area contributed by atoms with Gasteiger partial charge in [-0.1, -0.05) is 23.8 Å². The van der Waals surface area contributed by atoms with Crippen LogP contribution in [0.15, 0.2) is 35.9 Å². The number of nitrogens with zero attached hydrogens (tertiary/aromatic N) is 1. The van der Waals surface area contributed by atoms with Crippen LogP contribution < -0.4 is 10.1 Å². The van der Waals surface area contributed by atoms with Crippen molar-refractivity contribution in [3.8, 4) is 5.75 Å². The van der Waals surface area contributed by atoms with Crippen molar-refractivity contribution in [3.05, 3.63) is 41.5 Å². The fourth-order valence-corrected chi connectivity index (χ4v) is 2.90. The highest BCUT2D eigenvalue weighted by Crippen LogP contribution is 2.19. The van der Waals surface area contributed by atoms with Gasteiger partial charge in [0.2, 0.25) is 11.8 Å². The van der Waals surface area contributed by atoms with E-state index in [0.29, 0.717) is 19.5 Å². The Balaban J connectivity index is 1.84. The minimum atomic E-state index is -0.0474. The van der Waals surface area contributed by atoms with Gasteiger partial charge in [-0.15, -0.1) is 0 Å². The summed E-state index contributed by atoms with van der Waals surface area (Å²) in [7, 11) is 1.62. The van der Waals surface area contributed by atoms with E-state index in [1.54, 1.807) is 13.2 Å². The van der Waals surface area contributed by atoms with Crippen LogP contribution in [0, 0.1) is 0 Å². The van der Waals surface area contributed by atoms with Crippen LogP contribution in [0.3, 0.4) is 0 Å². The van der Waals surface area contributed by atoms with Gasteiger partial charge in [-0.25, -0.2) is 0 Å². The van der Waals surface area contributed by atoms with Crippen molar-refractivity contribution in [1.82, 2.24) is 10.2 Å². The van der Waals surface area contributed by atoms with E-state index < -0.39 is 0 Å². The summed E-state index contributed by atoms with van der Waals surface area (Å²) in [6, 6.07) is 7.74. The third-order valence-corrected chi connectivity index (χ3v) is 4.15. The number of rotatable bonds is 5. The molecule has 1 aliphatic heterocycles. The molecule has 24 heavy (non-hydrogen) atoms. The molecule has 1 aromatic rings. The molecule has 1 heterocycles. The lowest BCUT2D eigenvalue weighted by Crippen LogP contribution is -2.46. The summed E-state index contributed by atoms with van der Waals surface area (Å²) in [4.78, 5) is 26.1. The molecule has 0 atom stereocenters. The number of benzene rings is 1.